The summed E-state index contributed by atoms with van der Waals surface area (Å²) in [6, 6.07) is 10.2. The third kappa shape index (κ3) is 6.02. The number of rotatable bonds is 7. The van der Waals surface area contributed by atoms with Gasteiger partial charge in [0.1, 0.15) is 11.6 Å². The fraction of sp³-hybridized carbons (Fsp3) is 0.409. The highest BCUT2D eigenvalue weighted by molar-refractivity contribution is 7.89. The fourth-order valence-electron chi connectivity index (χ4n) is 3.64. The minimum atomic E-state index is -4.85. The number of benzene rings is 2. The Bertz CT molecular complexity index is 1090. The van der Waals surface area contributed by atoms with Gasteiger partial charge in [-0.3, -0.25) is 0 Å². The van der Waals surface area contributed by atoms with Gasteiger partial charge in [-0.05, 0) is 54.8 Å². The first-order valence-electron chi connectivity index (χ1n) is 10.4. The lowest BCUT2D eigenvalue weighted by Gasteiger charge is -2.27. The van der Waals surface area contributed by atoms with Crippen LogP contribution in [-0.2, 0) is 14.9 Å². The van der Waals surface area contributed by atoms with Gasteiger partial charge in [-0.2, -0.15) is 4.31 Å². The predicted octanol–water partition coefficient (Wildman–Crippen LogP) is 5.03. The second-order valence-corrected chi connectivity index (χ2v) is 9.93. The molecule has 2 aromatic carbocycles. The van der Waals surface area contributed by atoms with E-state index in [1.54, 1.807) is 12.1 Å². The minimum absolute atomic E-state index is 0.112. The summed E-state index contributed by atoms with van der Waals surface area (Å²) in [7, 11) is -3.86. The highest BCUT2D eigenvalue weighted by Crippen LogP contribution is 2.43. The number of halogens is 4. The molecule has 0 spiro atoms. The third-order valence-electron chi connectivity index (χ3n) is 5.54. The van der Waals surface area contributed by atoms with Crippen LogP contribution in [0, 0.1) is 11.7 Å². The lowest BCUT2D eigenvalue weighted by molar-refractivity contribution is -0.274. The van der Waals surface area contributed by atoms with Crippen molar-refractivity contribution >= 4 is 15.7 Å². The molecule has 1 aliphatic carbocycles. The molecule has 11 heteroatoms. The van der Waals surface area contributed by atoms with Crippen molar-refractivity contribution in [2.75, 3.05) is 13.1 Å². The largest absolute Gasteiger partial charge is 0.573 e. The van der Waals surface area contributed by atoms with Gasteiger partial charge in [-0.15, -0.1) is 13.2 Å². The Kier molecular flexibility index (Phi) is 6.62. The molecule has 6 nitrogen and oxygen atoms in total. The highest BCUT2D eigenvalue weighted by Gasteiger charge is 2.35. The first-order chi connectivity index (χ1) is 15.6. The van der Waals surface area contributed by atoms with Crippen LogP contribution in [0.3, 0.4) is 0 Å². The second-order valence-electron chi connectivity index (χ2n) is 8.00. The van der Waals surface area contributed by atoms with E-state index < -0.39 is 22.1 Å². The van der Waals surface area contributed by atoms with Crippen LogP contribution in [0.25, 0.3) is 0 Å². The molecule has 1 atom stereocenters. The van der Waals surface area contributed by atoms with Crippen LogP contribution in [0.2, 0.25) is 0 Å². The normalized spacial score (nSPS) is 18.6. The molecule has 2 aliphatic rings. The van der Waals surface area contributed by atoms with E-state index in [0.29, 0.717) is 18.8 Å². The SMILES string of the molecule is O=S(=O)(c1ccc(OC(F)(F)F)cc1)N1CCC(=NOC(c2ccc(F)cc2)C2CC2)CC1. The van der Waals surface area contributed by atoms with Gasteiger partial charge in [0.05, 0.1) is 10.6 Å². The van der Waals surface area contributed by atoms with E-state index in [4.69, 9.17) is 4.84 Å². The van der Waals surface area contributed by atoms with Crippen LogP contribution in [-0.4, -0.2) is 37.9 Å². The Hall–Kier alpha value is -2.66. The van der Waals surface area contributed by atoms with Crippen LogP contribution in [0.5, 0.6) is 5.75 Å². The third-order valence-corrected chi connectivity index (χ3v) is 7.45. The second kappa shape index (κ2) is 9.30. The van der Waals surface area contributed by atoms with Gasteiger partial charge in [0.2, 0.25) is 10.0 Å². The van der Waals surface area contributed by atoms with Crippen molar-refractivity contribution in [3.8, 4) is 5.75 Å². The number of ether oxygens (including phenoxy) is 1. The van der Waals surface area contributed by atoms with Crippen LogP contribution in [0.4, 0.5) is 17.6 Å². The van der Waals surface area contributed by atoms with Crippen molar-refractivity contribution in [3.05, 3.63) is 59.9 Å². The Balaban J connectivity index is 1.36. The summed E-state index contributed by atoms with van der Waals surface area (Å²) in [6.07, 6.45) is -2.36. The summed E-state index contributed by atoms with van der Waals surface area (Å²) in [4.78, 5) is 5.67. The number of sulfonamides is 1. The van der Waals surface area contributed by atoms with E-state index in [0.717, 1.165) is 48.4 Å². The molecule has 2 aromatic rings. The Morgan fingerprint density at radius 1 is 0.970 bits per heavy atom. The summed E-state index contributed by atoms with van der Waals surface area (Å²) in [5.74, 6) is -0.488. The molecule has 1 unspecified atom stereocenters. The Morgan fingerprint density at radius 3 is 2.12 bits per heavy atom. The minimum Gasteiger partial charge on any atom is -0.406 e. The maximum absolute atomic E-state index is 13.2. The molecule has 1 saturated carbocycles. The number of piperidine rings is 1. The van der Waals surface area contributed by atoms with Gasteiger partial charge in [-0.1, -0.05) is 17.3 Å². The number of nitrogens with zero attached hydrogens (tertiary/aromatic N) is 2. The molecule has 4 rings (SSSR count). The highest BCUT2D eigenvalue weighted by atomic mass is 32.2. The maximum Gasteiger partial charge on any atom is 0.573 e. The van der Waals surface area contributed by atoms with Crippen molar-refractivity contribution in [1.82, 2.24) is 4.31 Å². The predicted molar refractivity (Wildman–Crippen MR) is 112 cm³/mol. The summed E-state index contributed by atoms with van der Waals surface area (Å²) in [5.41, 5.74) is 1.57. The summed E-state index contributed by atoms with van der Waals surface area (Å²) in [5, 5.41) is 4.26. The molecule has 33 heavy (non-hydrogen) atoms. The first-order valence-corrected chi connectivity index (χ1v) is 11.9. The molecular weight excluding hydrogens is 464 g/mol. The van der Waals surface area contributed by atoms with Crippen LogP contribution in [0.15, 0.2) is 58.6 Å². The van der Waals surface area contributed by atoms with Crippen molar-refractivity contribution in [2.45, 2.75) is 43.0 Å². The monoisotopic (exact) mass is 486 g/mol. The molecule has 1 heterocycles. The maximum atomic E-state index is 13.2. The average molecular weight is 486 g/mol. The molecule has 0 amide bonds. The molecule has 0 N–H and O–H groups in total. The van der Waals surface area contributed by atoms with Gasteiger partial charge < -0.3 is 9.57 Å². The lowest BCUT2D eigenvalue weighted by atomic mass is 10.1. The summed E-state index contributed by atoms with van der Waals surface area (Å²) < 4.78 is 80.8. The number of alkyl halides is 3. The Morgan fingerprint density at radius 2 is 1.58 bits per heavy atom. The van der Waals surface area contributed by atoms with Crippen molar-refractivity contribution in [2.24, 2.45) is 11.1 Å². The fourth-order valence-corrected chi connectivity index (χ4v) is 5.08. The van der Waals surface area contributed by atoms with Crippen molar-refractivity contribution < 1.29 is 35.6 Å². The van der Waals surface area contributed by atoms with Crippen LogP contribution < -0.4 is 4.74 Å². The van der Waals surface area contributed by atoms with Gasteiger partial charge in [0, 0.05) is 31.8 Å². The zero-order valence-corrected chi connectivity index (χ0v) is 18.3. The average Bonchev–Trinajstić information content (AvgIpc) is 3.60. The van der Waals surface area contributed by atoms with E-state index in [1.165, 1.54) is 16.4 Å². The van der Waals surface area contributed by atoms with Gasteiger partial charge >= 0.3 is 6.36 Å². The van der Waals surface area contributed by atoms with E-state index in [9.17, 15) is 26.0 Å². The van der Waals surface area contributed by atoms with Crippen LogP contribution >= 0.6 is 0 Å². The van der Waals surface area contributed by atoms with E-state index in [2.05, 4.69) is 9.89 Å². The van der Waals surface area contributed by atoms with E-state index in [-0.39, 0.29) is 29.9 Å². The molecule has 0 aromatic heterocycles. The van der Waals surface area contributed by atoms with Gasteiger partial charge in [0.15, 0.2) is 6.10 Å². The first kappa shape index (κ1) is 23.5. The zero-order valence-electron chi connectivity index (χ0n) is 17.5. The molecular formula is C22H22F4N2O4S. The summed E-state index contributed by atoms with van der Waals surface area (Å²) >= 11 is 0. The molecule has 178 valence electrons. The van der Waals surface area contributed by atoms with Crippen LogP contribution in [0.1, 0.15) is 37.4 Å². The lowest BCUT2D eigenvalue weighted by Crippen LogP contribution is -2.38. The number of hydrogen-bond acceptors (Lipinski definition) is 5. The molecule has 1 aliphatic heterocycles. The summed E-state index contributed by atoms with van der Waals surface area (Å²) in [6.45, 7) is 0.353. The molecule has 1 saturated heterocycles. The number of hydrogen-bond donors (Lipinski definition) is 0. The standard InChI is InChI=1S/C22H22F4N2O4S/c23-17-5-3-16(4-6-17)21(15-1-2-15)32-27-18-11-13-28(14-12-18)33(29,30)20-9-7-19(8-10-20)31-22(24,25)26/h3-10,15,21H,1-2,11-14H2. The Labute approximate surface area is 188 Å². The zero-order chi connectivity index (χ0) is 23.6. The smallest absolute Gasteiger partial charge is 0.406 e. The van der Waals surface area contributed by atoms with Crippen molar-refractivity contribution in [3.63, 3.8) is 0 Å². The number of oxime groups is 1. The quantitative estimate of drug-likeness (QED) is 0.407. The van der Waals surface area contributed by atoms with E-state index in [1.807, 2.05) is 0 Å². The molecule has 0 bridgehead atoms. The topological polar surface area (TPSA) is 68.2 Å². The molecule has 0 radical (unpaired) electrons. The molecule has 2 fully saturated rings. The van der Waals surface area contributed by atoms with E-state index >= 15 is 0 Å². The van der Waals surface area contributed by atoms with Crippen molar-refractivity contribution in [1.29, 1.82) is 0 Å². The van der Waals surface area contributed by atoms with Gasteiger partial charge in [0.25, 0.3) is 0 Å². The van der Waals surface area contributed by atoms with Gasteiger partial charge in [-0.25, -0.2) is 12.8 Å².